The van der Waals surface area contributed by atoms with Crippen LogP contribution in [0.25, 0.3) is 0 Å². The highest BCUT2D eigenvalue weighted by molar-refractivity contribution is 9.10. The zero-order chi connectivity index (χ0) is 12.4. The predicted octanol–water partition coefficient (Wildman–Crippen LogP) is 4.34. The lowest BCUT2D eigenvalue weighted by molar-refractivity contribution is 0.619. The molecule has 2 rings (SSSR count). The minimum absolute atomic E-state index is 0.202. The van der Waals surface area contributed by atoms with Gasteiger partial charge >= 0.3 is 0 Å². The van der Waals surface area contributed by atoms with Crippen LogP contribution in [0.3, 0.4) is 0 Å². The van der Waals surface area contributed by atoms with Crippen molar-refractivity contribution in [3.63, 3.8) is 0 Å². The van der Waals surface area contributed by atoms with Gasteiger partial charge < -0.3 is 5.32 Å². The molecule has 0 aliphatic rings. The average molecular weight is 295 g/mol. The van der Waals surface area contributed by atoms with E-state index in [2.05, 4.69) is 26.2 Å². The van der Waals surface area contributed by atoms with Gasteiger partial charge in [0.2, 0.25) is 0 Å². The van der Waals surface area contributed by atoms with Crippen molar-refractivity contribution in [3.8, 4) is 0 Å². The second-order valence-corrected chi connectivity index (χ2v) is 4.67. The van der Waals surface area contributed by atoms with Crippen molar-refractivity contribution in [2.24, 2.45) is 0 Å². The van der Waals surface area contributed by atoms with Gasteiger partial charge in [0, 0.05) is 11.9 Å². The number of hydrogen-bond donors (Lipinski definition) is 1. The number of nitrogens with zero attached hydrogens (tertiary/aromatic N) is 1. The van der Waals surface area contributed by atoms with E-state index in [9.17, 15) is 4.39 Å². The summed E-state index contributed by atoms with van der Waals surface area (Å²) in [6.07, 6.45) is 1.73. The molecule has 0 spiro atoms. The summed E-state index contributed by atoms with van der Waals surface area (Å²) in [5.74, 6) is 0.530. The Balaban J connectivity index is 2.31. The Morgan fingerprint density at radius 1 is 1.18 bits per heavy atom. The van der Waals surface area contributed by atoms with Crippen LogP contribution < -0.4 is 5.32 Å². The van der Waals surface area contributed by atoms with E-state index in [1.807, 2.05) is 13.0 Å². The molecule has 0 saturated carbocycles. The van der Waals surface area contributed by atoms with Crippen LogP contribution in [-0.4, -0.2) is 4.98 Å². The number of rotatable bonds is 2. The fourth-order valence-electron chi connectivity index (χ4n) is 1.49. The fraction of sp³-hybridized carbons (Fsp3) is 0.154. The number of halogens is 2. The maximum atomic E-state index is 13.1. The van der Waals surface area contributed by atoms with Crippen molar-refractivity contribution in [1.82, 2.24) is 4.98 Å². The minimum Gasteiger partial charge on any atom is -0.339 e. The molecule has 1 N–H and O–H groups in total. The highest BCUT2D eigenvalue weighted by Crippen LogP contribution is 2.26. The maximum Gasteiger partial charge on any atom is 0.144 e. The molecule has 2 aromatic rings. The summed E-state index contributed by atoms with van der Waals surface area (Å²) in [4.78, 5) is 4.23. The van der Waals surface area contributed by atoms with Crippen LogP contribution in [0.15, 0.2) is 34.9 Å². The first kappa shape index (κ1) is 12.0. The monoisotopic (exact) mass is 294 g/mol. The first-order chi connectivity index (χ1) is 8.08. The van der Waals surface area contributed by atoms with E-state index in [1.165, 1.54) is 6.07 Å². The number of nitrogens with one attached hydrogen (secondary N) is 1. The van der Waals surface area contributed by atoms with Gasteiger partial charge in [0.05, 0.1) is 4.47 Å². The Labute approximate surface area is 108 Å². The van der Waals surface area contributed by atoms with Crippen LogP contribution in [0.5, 0.6) is 0 Å². The summed E-state index contributed by atoms with van der Waals surface area (Å²) in [6, 6.07) is 6.82. The summed E-state index contributed by atoms with van der Waals surface area (Å²) in [7, 11) is 0. The highest BCUT2D eigenvalue weighted by atomic mass is 79.9. The Kier molecular flexibility index (Phi) is 3.43. The topological polar surface area (TPSA) is 24.9 Å². The molecular formula is C13H12BrFN2. The van der Waals surface area contributed by atoms with Gasteiger partial charge in [-0.15, -0.1) is 0 Å². The molecule has 2 nitrogen and oxygen atoms in total. The molecular weight excluding hydrogens is 283 g/mol. The van der Waals surface area contributed by atoms with E-state index in [-0.39, 0.29) is 5.82 Å². The average Bonchev–Trinajstić information content (AvgIpc) is 2.30. The molecule has 0 radical (unpaired) electrons. The molecule has 0 aliphatic carbocycles. The molecule has 1 aromatic carbocycles. The molecule has 1 heterocycles. The number of aryl methyl sites for hydroxylation is 2. The molecule has 0 unspecified atom stereocenters. The lowest BCUT2D eigenvalue weighted by atomic mass is 10.2. The summed E-state index contributed by atoms with van der Waals surface area (Å²) in [6.45, 7) is 3.73. The quantitative estimate of drug-likeness (QED) is 0.891. The van der Waals surface area contributed by atoms with Crippen molar-refractivity contribution in [2.75, 3.05) is 5.32 Å². The van der Waals surface area contributed by atoms with Gasteiger partial charge in [-0.05, 0) is 65.2 Å². The zero-order valence-corrected chi connectivity index (χ0v) is 11.2. The highest BCUT2D eigenvalue weighted by Gasteiger charge is 2.05. The second kappa shape index (κ2) is 4.84. The van der Waals surface area contributed by atoms with Gasteiger partial charge in [-0.3, -0.25) is 0 Å². The van der Waals surface area contributed by atoms with Crippen LogP contribution in [0, 0.1) is 19.7 Å². The van der Waals surface area contributed by atoms with Gasteiger partial charge in [-0.2, -0.15) is 0 Å². The molecule has 0 amide bonds. The predicted molar refractivity (Wildman–Crippen MR) is 71.1 cm³/mol. The van der Waals surface area contributed by atoms with E-state index in [0.29, 0.717) is 5.56 Å². The Morgan fingerprint density at radius 3 is 2.65 bits per heavy atom. The lowest BCUT2D eigenvalue weighted by Gasteiger charge is -2.09. The molecule has 0 atom stereocenters. The van der Waals surface area contributed by atoms with E-state index in [1.54, 1.807) is 25.3 Å². The lowest BCUT2D eigenvalue weighted by Crippen LogP contribution is -1.96. The molecule has 0 saturated heterocycles. The third-order valence-electron chi connectivity index (χ3n) is 2.50. The van der Waals surface area contributed by atoms with E-state index in [4.69, 9.17) is 0 Å². The van der Waals surface area contributed by atoms with Crippen LogP contribution >= 0.6 is 15.9 Å². The molecule has 0 bridgehead atoms. The normalized spacial score (nSPS) is 10.4. The molecule has 1 aromatic heterocycles. The van der Waals surface area contributed by atoms with Gasteiger partial charge in [-0.1, -0.05) is 0 Å². The summed E-state index contributed by atoms with van der Waals surface area (Å²) in [5, 5.41) is 3.16. The number of aromatic nitrogens is 1. The Morgan fingerprint density at radius 2 is 1.94 bits per heavy atom. The molecule has 17 heavy (non-hydrogen) atoms. The van der Waals surface area contributed by atoms with Crippen molar-refractivity contribution < 1.29 is 4.39 Å². The zero-order valence-electron chi connectivity index (χ0n) is 9.59. The van der Waals surface area contributed by atoms with E-state index >= 15 is 0 Å². The Hall–Kier alpha value is -1.42. The number of anilines is 2. The number of pyridine rings is 1. The number of hydrogen-bond acceptors (Lipinski definition) is 2. The molecule has 4 heteroatoms. The van der Waals surface area contributed by atoms with E-state index in [0.717, 1.165) is 21.5 Å². The standard InChI is InChI=1S/C13H12BrFN2/c1-8-5-6-16-13(12(8)14)17-10-3-4-11(15)9(2)7-10/h3-7H,1-2H3,(H,16,17). The first-order valence-corrected chi connectivity index (χ1v) is 6.01. The fourth-order valence-corrected chi connectivity index (χ4v) is 1.82. The van der Waals surface area contributed by atoms with Gasteiger partial charge in [0.15, 0.2) is 0 Å². The molecule has 0 fully saturated rings. The third kappa shape index (κ3) is 2.64. The minimum atomic E-state index is -0.202. The summed E-state index contributed by atoms with van der Waals surface area (Å²) < 4.78 is 14.0. The first-order valence-electron chi connectivity index (χ1n) is 5.22. The molecule has 0 aliphatic heterocycles. The van der Waals surface area contributed by atoms with Crippen molar-refractivity contribution in [3.05, 3.63) is 51.9 Å². The van der Waals surface area contributed by atoms with Crippen LogP contribution in [-0.2, 0) is 0 Å². The summed E-state index contributed by atoms with van der Waals surface area (Å²) in [5.41, 5.74) is 2.53. The third-order valence-corrected chi connectivity index (χ3v) is 3.50. The molecule has 88 valence electrons. The number of benzene rings is 1. The van der Waals surface area contributed by atoms with Crippen molar-refractivity contribution in [2.45, 2.75) is 13.8 Å². The van der Waals surface area contributed by atoms with Gasteiger partial charge in [0.25, 0.3) is 0 Å². The van der Waals surface area contributed by atoms with Crippen molar-refractivity contribution >= 4 is 27.4 Å². The van der Waals surface area contributed by atoms with Crippen molar-refractivity contribution in [1.29, 1.82) is 0 Å². The van der Waals surface area contributed by atoms with Gasteiger partial charge in [0.1, 0.15) is 11.6 Å². The second-order valence-electron chi connectivity index (χ2n) is 3.88. The maximum absolute atomic E-state index is 13.1. The van der Waals surface area contributed by atoms with Crippen LogP contribution in [0.4, 0.5) is 15.9 Å². The van der Waals surface area contributed by atoms with Gasteiger partial charge in [-0.25, -0.2) is 9.37 Å². The smallest absolute Gasteiger partial charge is 0.144 e. The van der Waals surface area contributed by atoms with Crippen LogP contribution in [0.2, 0.25) is 0 Å². The van der Waals surface area contributed by atoms with E-state index < -0.39 is 0 Å². The van der Waals surface area contributed by atoms with Crippen LogP contribution in [0.1, 0.15) is 11.1 Å². The summed E-state index contributed by atoms with van der Waals surface area (Å²) >= 11 is 3.47. The Bertz CT molecular complexity index is 555. The largest absolute Gasteiger partial charge is 0.339 e. The SMILES string of the molecule is Cc1cc(Nc2nccc(C)c2Br)ccc1F.